The van der Waals surface area contributed by atoms with Crippen molar-refractivity contribution in [2.75, 3.05) is 56.1 Å². The summed E-state index contributed by atoms with van der Waals surface area (Å²) in [4.78, 5) is 62.9. The van der Waals surface area contributed by atoms with Gasteiger partial charge in [0.25, 0.3) is 12.3 Å². The number of fused-ring (bicyclic) bond motifs is 4. The summed E-state index contributed by atoms with van der Waals surface area (Å²) in [6.07, 6.45) is 7.73. The Kier molecular flexibility index (Phi) is 11.2. The van der Waals surface area contributed by atoms with Crippen LogP contribution in [0.5, 0.6) is 0 Å². The Balaban J connectivity index is 0.724. The van der Waals surface area contributed by atoms with Crippen LogP contribution in [0.2, 0.25) is 0 Å². The number of nitrogens with zero attached hydrogens (tertiary/aromatic N) is 11. The summed E-state index contributed by atoms with van der Waals surface area (Å²) in [5.41, 5.74) is 2.19. The van der Waals surface area contributed by atoms with Crippen LogP contribution in [0.25, 0.3) is 16.7 Å². The molecular formula is C44H51F2N13O5. The number of halogens is 2. The highest BCUT2D eigenvalue weighted by Crippen LogP contribution is 2.38. The van der Waals surface area contributed by atoms with Gasteiger partial charge in [-0.1, -0.05) is 12.1 Å². The van der Waals surface area contributed by atoms with Crippen molar-refractivity contribution in [1.82, 2.24) is 48.6 Å². The van der Waals surface area contributed by atoms with Crippen molar-refractivity contribution in [1.29, 1.82) is 5.26 Å². The minimum atomic E-state index is -2.90. The van der Waals surface area contributed by atoms with Gasteiger partial charge in [0.15, 0.2) is 11.3 Å². The molecular weight excluding hydrogens is 829 g/mol. The molecule has 1 saturated carbocycles. The van der Waals surface area contributed by atoms with E-state index < -0.39 is 30.0 Å². The number of morpholine rings is 1. The van der Waals surface area contributed by atoms with Crippen LogP contribution >= 0.6 is 0 Å². The maximum absolute atomic E-state index is 14.4. The number of imidazole rings is 1. The highest BCUT2D eigenvalue weighted by Gasteiger charge is 2.40. The van der Waals surface area contributed by atoms with Gasteiger partial charge in [0.2, 0.25) is 11.8 Å². The first-order valence-electron chi connectivity index (χ1n) is 22.3. The number of amides is 3. The summed E-state index contributed by atoms with van der Waals surface area (Å²) in [5.74, 6) is -0.525. The van der Waals surface area contributed by atoms with Crippen molar-refractivity contribution in [2.45, 2.75) is 94.5 Å². The lowest BCUT2D eigenvalue weighted by Gasteiger charge is -2.41. The molecule has 1 aromatic carbocycles. The second kappa shape index (κ2) is 17.2. The zero-order valence-electron chi connectivity index (χ0n) is 35.6. The van der Waals surface area contributed by atoms with E-state index in [9.17, 15) is 33.2 Å². The molecule has 2 N–H and O–H groups in total. The molecule has 336 valence electrons. The molecule has 5 fully saturated rings. The van der Waals surface area contributed by atoms with E-state index in [2.05, 4.69) is 41.6 Å². The second-order valence-corrected chi connectivity index (χ2v) is 17.9. The maximum Gasteiger partial charge on any atom is 0.329 e. The van der Waals surface area contributed by atoms with Gasteiger partial charge in [0.1, 0.15) is 23.5 Å². The number of ether oxygens (including phenoxy) is 1. The molecule has 4 atom stereocenters. The Bertz CT molecular complexity index is 2700. The average molecular weight is 880 g/mol. The molecule has 4 saturated heterocycles. The van der Waals surface area contributed by atoms with E-state index in [1.54, 1.807) is 22.5 Å². The van der Waals surface area contributed by atoms with Crippen molar-refractivity contribution in [3.05, 3.63) is 70.2 Å². The zero-order chi connectivity index (χ0) is 44.2. The van der Waals surface area contributed by atoms with Crippen LogP contribution in [-0.4, -0.2) is 125 Å². The van der Waals surface area contributed by atoms with Crippen LogP contribution in [0.3, 0.4) is 0 Å². The van der Waals surface area contributed by atoms with E-state index in [1.807, 2.05) is 24.3 Å². The van der Waals surface area contributed by atoms with Crippen LogP contribution in [0.1, 0.15) is 91.5 Å². The standard InChI is InChI=1S/C44H51F2N13O5/c1-53-39-27(4-2-6-33(39)59(44(53)63)34-11-12-37(60)51-43(34)62)5-3-14-54-16-18-55(19-17-54)35(21-47)26-7-9-28(10-8-26)58-24-32(38(52-58)40(45)46)49-42(61)31-22-48-57-15-13-36(50-41(31)57)56-23-30-20-29(56)25-64-30/h2,4,6,13,15,22,24,26,28-30,34-35,40H,3,5,7-12,14,16-20,23,25H2,1H3,(H,49,61)(H,51,60,62)/t26-,28-,29-,30-,34?,35?/m1/s1. The minimum absolute atomic E-state index is 0.0501. The van der Waals surface area contributed by atoms with Gasteiger partial charge in [0.05, 0.1) is 53.8 Å². The largest absolute Gasteiger partial charge is 0.374 e. The number of piperidine rings is 1. The SMILES string of the molecule is Cn1c(=O)n(C2CCC(=O)NC2=O)c2cccc(CCCN3CCN(C(C#N)[C@H]4CC[C@H](n5cc(NC(=O)c6cnn7ccc(N8C[C@H]9C[C@@H]8CO9)nc67)c(C(F)F)n5)CC4)CC3)c21. The van der Waals surface area contributed by atoms with Gasteiger partial charge in [-0.15, -0.1) is 0 Å². The number of aryl methyl sites for hydroxylation is 2. The van der Waals surface area contributed by atoms with Crippen molar-refractivity contribution in [2.24, 2.45) is 13.0 Å². The molecule has 5 aliphatic rings. The van der Waals surface area contributed by atoms with Gasteiger partial charge in [-0.2, -0.15) is 15.5 Å². The normalized spacial score (nSPS) is 24.8. The summed E-state index contributed by atoms with van der Waals surface area (Å²) in [7, 11) is 1.72. The third-order valence-corrected chi connectivity index (χ3v) is 14.1. The summed E-state index contributed by atoms with van der Waals surface area (Å²) in [5, 5.41) is 24.0. The van der Waals surface area contributed by atoms with E-state index >= 15 is 0 Å². The number of imide groups is 1. The first-order valence-corrected chi connectivity index (χ1v) is 22.3. The second-order valence-electron chi connectivity index (χ2n) is 17.9. The summed E-state index contributed by atoms with van der Waals surface area (Å²) in [6, 6.07) is 9.31. The van der Waals surface area contributed by atoms with Crippen molar-refractivity contribution in [3.8, 4) is 6.07 Å². The highest BCUT2D eigenvalue weighted by atomic mass is 19.3. The van der Waals surface area contributed by atoms with Gasteiger partial charge >= 0.3 is 5.69 Å². The number of nitriles is 1. The van der Waals surface area contributed by atoms with E-state index in [4.69, 9.17) is 9.72 Å². The lowest BCUT2D eigenvalue weighted by molar-refractivity contribution is -0.135. The number of hydrogen-bond donors (Lipinski definition) is 2. The Hall–Kier alpha value is -6.04. The fourth-order valence-electron chi connectivity index (χ4n) is 10.8. The lowest BCUT2D eigenvalue weighted by atomic mass is 9.81. The van der Waals surface area contributed by atoms with Gasteiger partial charge in [-0.25, -0.2) is 23.1 Å². The number of anilines is 2. The number of benzene rings is 1. The average Bonchev–Trinajstić information content (AvgIpc) is 4.15. The van der Waals surface area contributed by atoms with Crippen LogP contribution in [0.4, 0.5) is 20.3 Å². The van der Waals surface area contributed by atoms with Gasteiger partial charge in [-0.05, 0) is 81.5 Å². The summed E-state index contributed by atoms with van der Waals surface area (Å²) >= 11 is 0. The van der Waals surface area contributed by atoms with E-state index in [-0.39, 0.29) is 65.8 Å². The predicted molar refractivity (Wildman–Crippen MR) is 229 cm³/mol. The van der Waals surface area contributed by atoms with Gasteiger partial charge in [-0.3, -0.25) is 38.4 Å². The third kappa shape index (κ3) is 7.72. The van der Waals surface area contributed by atoms with Crippen molar-refractivity contribution >= 4 is 45.9 Å². The first-order chi connectivity index (χ1) is 31.0. The molecule has 20 heteroatoms. The molecule has 2 unspecified atom stereocenters. The third-order valence-electron chi connectivity index (χ3n) is 14.1. The molecule has 64 heavy (non-hydrogen) atoms. The monoisotopic (exact) mass is 879 g/mol. The quantitative estimate of drug-likeness (QED) is 0.173. The number of aromatic nitrogens is 7. The van der Waals surface area contributed by atoms with Crippen LogP contribution < -0.4 is 21.2 Å². The molecule has 5 aromatic rings. The smallest absolute Gasteiger partial charge is 0.329 e. The molecule has 8 heterocycles. The van der Waals surface area contributed by atoms with Crippen molar-refractivity contribution in [3.63, 3.8) is 0 Å². The van der Waals surface area contributed by atoms with Gasteiger partial charge in [0, 0.05) is 58.6 Å². The number of carbonyl (C=O) groups is 3. The van der Waals surface area contributed by atoms with E-state index in [1.165, 1.54) is 21.5 Å². The topological polar surface area (TPSA) is 193 Å². The Morgan fingerprint density at radius 3 is 2.59 bits per heavy atom. The number of para-hydroxylation sites is 1. The van der Waals surface area contributed by atoms with Gasteiger partial charge < -0.3 is 19.9 Å². The molecule has 3 amide bonds. The van der Waals surface area contributed by atoms with Crippen molar-refractivity contribution < 1.29 is 27.9 Å². The molecule has 10 rings (SSSR count). The molecule has 18 nitrogen and oxygen atoms in total. The van der Waals surface area contributed by atoms with E-state index in [0.717, 1.165) is 82.5 Å². The Morgan fingerprint density at radius 2 is 1.88 bits per heavy atom. The minimum Gasteiger partial charge on any atom is -0.374 e. The maximum atomic E-state index is 14.4. The van der Waals surface area contributed by atoms with Crippen LogP contribution in [-0.2, 0) is 27.8 Å². The predicted octanol–water partition coefficient (Wildman–Crippen LogP) is 3.60. The number of nitrogens with one attached hydrogen (secondary N) is 2. The Morgan fingerprint density at radius 1 is 1.06 bits per heavy atom. The molecule has 0 spiro atoms. The zero-order valence-corrected chi connectivity index (χ0v) is 35.6. The number of piperazine rings is 1. The number of carbonyl (C=O) groups excluding carboxylic acids is 3. The summed E-state index contributed by atoms with van der Waals surface area (Å²) in [6.45, 7) is 5.37. The number of rotatable bonds is 12. The van der Waals surface area contributed by atoms with Crippen LogP contribution in [0.15, 0.2) is 47.7 Å². The summed E-state index contributed by atoms with van der Waals surface area (Å²) < 4.78 is 40.6. The molecule has 0 radical (unpaired) electrons. The molecule has 2 bridgehead atoms. The molecule has 4 aliphatic heterocycles. The molecule has 4 aromatic heterocycles. The van der Waals surface area contributed by atoms with Crippen LogP contribution in [0, 0.1) is 17.2 Å². The molecule has 1 aliphatic carbocycles. The lowest BCUT2D eigenvalue weighted by Crippen LogP contribution is -2.52. The highest BCUT2D eigenvalue weighted by molar-refractivity contribution is 6.08. The number of hydrogen-bond acceptors (Lipinski definition) is 12. The Labute approximate surface area is 366 Å². The number of alkyl halides is 2. The van der Waals surface area contributed by atoms with E-state index in [0.29, 0.717) is 36.4 Å². The fourth-order valence-corrected chi connectivity index (χ4v) is 10.8. The fraction of sp³-hybridized carbons (Fsp3) is 0.545. The first kappa shape index (κ1) is 41.9.